The van der Waals surface area contributed by atoms with E-state index in [0.29, 0.717) is 54.7 Å². The van der Waals surface area contributed by atoms with Crippen molar-refractivity contribution in [1.82, 2.24) is 4.57 Å². The van der Waals surface area contributed by atoms with Gasteiger partial charge in [-0.2, -0.15) is 0 Å². The van der Waals surface area contributed by atoms with Gasteiger partial charge in [0.1, 0.15) is 6.61 Å². The van der Waals surface area contributed by atoms with Crippen molar-refractivity contribution < 1.29 is 19.0 Å². The first-order chi connectivity index (χ1) is 21.6. The molecule has 2 heterocycles. The summed E-state index contributed by atoms with van der Waals surface area (Å²) in [5.41, 5.74) is 4.23. The van der Waals surface area contributed by atoms with Gasteiger partial charge in [0.15, 0.2) is 16.3 Å². The third-order valence-electron chi connectivity index (χ3n) is 7.38. The van der Waals surface area contributed by atoms with Crippen molar-refractivity contribution in [1.29, 1.82) is 0 Å². The normalized spacial score (nSPS) is 14.8. The highest BCUT2D eigenvalue weighted by Crippen LogP contribution is 2.33. The molecule has 45 heavy (non-hydrogen) atoms. The maximum atomic E-state index is 14.0. The van der Waals surface area contributed by atoms with Crippen LogP contribution in [0.25, 0.3) is 6.08 Å². The summed E-state index contributed by atoms with van der Waals surface area (Å²) >= 11 is 13.5. The molecule has 234 valence electrons. The van der Waals surface area contributed by atoms with Crippen molar-refractivity contribution in [2.75, 3.05) is 13.2 Å². The number of esters is 1. The third-order valence-corrected chi connectivity index (χ3v) is 9.10. The van der Waals surface area contributed by atoms with Gasteiger partial charge < -0.3 is 14.2 Å². The zero-order valence-corrected chi connectivity index (χ0v) is 28.1. The SMILES string of the molecule is CCOC(=O)C1=C(C)N=c2s/c(=C\c3ccc(OCc4ccc(Cl)c(Cl)c4)c(OCC)c3)c(=O)n2[C@@H]1c1ccc(C(C)C)cc1. The van der Waals surface area contributed by atoms with Gasteiger partial charge in [0, 0.05) is 0 Å². The van der Waals surface area contributed by atoms with Crippen molar-refractivity contribution in [3.8, 4) is 11.5 Å². The van der Waals surface area contributed by atoms with Gasteiger partial charge in [0.25, 0.3) is 5.56 Å². The molecule has 7 nitrogen and oxygen atoms in total. The average molecular weight is 666 g/mol. The van der Waals surface area contributed by atoms with Gasteiger partial charge in [-0.15, -0.1) is 0 Å². The quantitative estimate of drug-likeness (QED) is 0.168. The predicted molar refractivity (Wildman–Crippen MR) is 179 cm³/mol. The Balaban J connectivity index is 1.54. The van der Waals surface area contributed by atoms with Crippen LogP contribution in [0.3, 0.4) is 0 Å². The van der Waals surface area contributed by atoms with Crippen LogP contribution in [0.5, 0.6) is 11.5 Å². The van der Waals surface area contributed by atoms with Crippen molar-refractivity contribution in [3.05, 3.63) is 124 Å². The molecule has 5 rings (SSSR count). The molecule has 0 unspecified atom stereocenters. The number of hydrogen-bond donors (Lipinski definition) is 0. The fourth-order valence-electron chi connectivity index (χ4n) is 5.11. The molecular weight excluding hydrogens is 631 g/mol. The maximum Gasteiger partial charge on any atom is 0.338 e. The number of benzene rings is 3. The Kier molecular flexibility index (Phi) is 10.2. The predicted octanol–water partition coefficient (Wildman–Crippen LogP) is 7.21. The van der Waals surface area contributed by atoms with Crippen molar-refractivity contribution in [2.24, 2.45) is 4.99 Å². The molecule has 1 atom stereocenters. The monoisotopic (exact) mass is 664 g/mol. The molecular formula is C35H34Cl2N2O5S. The van der Waals surface area contributed by atoms with Crippen LogP contribution in [-0.2, 0) is 16.1 Å². The molecule has 1 aliphatic rings. The summed E-state index contributed by atoms with van der Waals surface area (Å²) in [6.07, 6.45) is 1.80. The number of aromatic nitrogens is 1. The van der Waals surface area contributed by atoms with E-state index in [1.54, 1.807) is 36.6 Å². The maximum absolute atomic E-state index is 14.0. The Morgan fingerprint density at radius 2 is 1.73 bits per heavy atom. The number of carbonyl (C=O) groups excluding carboxylic acids is 1. The number of allylic oxidation sites excluding steroid dienone is 1. The summed E-state index contributed by atoms with van der Waals surface area (Å²) in [6, 6.07) is 18.2. The summed E-state index contributed by atoms with van der Waals surface area (Å²) in [5, 5.41) is 0.937. The molecule has 1 aromatic heterocycles. The van der Waals surface area contributed by atoms with Crippen molar-refractivity contribution in [2.45, 2.75) is 53.2 Å². The Morgan fingerprint density at radius 1 is 0.978 bits per heavy atom. The van der Waals surface area contributed by atoms with E-state index in [-0.39, 0.29) is 18.8 Å². The second-order valence-electron chi connectivity index (χ2n) is 10.8. The number of ether oxygens (including phenoxy) is 3. The standard InChI is InChI=1S/C35H34Cl2N2O5S/c1-6-42-29-17-22(9-15-28(29)44-19-23-8-14-26(36)27(37)16-23)18-30-33(40)39-32(25-12-10-24(11-13-25)20(3)4)31(34(41)43-7-2)21(5)38-35(39)45-30/h8-18,20,32H,6-7,19H2,1-5H3/b30-18-/t32-/m1/s1. The lowest BCUT2D eigenvalue weighted by molar-refractivity contribution is -0.139. The fourth-order valence-corrected chi connectivity index (χ4v) is 6.48. The van der Waals surface area contributed by atoms with Crippen LogP contribution in [0.2, 0.25) is 10.0 Å². The van der Waals surface area contributed by atoms with E-state index in [0.717, 1.165) is 16.7 Å². The number of carbonyl (C=O) groups is 1. The largest absolute Gasteiger partial charge is 0.490 e. The van der Waals surface area contributed by atoms with E-state index in [4.69, 9.17) is 37.4 Å². The molecule has 1 aliphatic heterocycles. The Hall–Kier alpha value is -3.85. The lowest BCUT2D eigenvalue weighted by Crippen LogP contribution is -2.39. The lowest BCUT2D eigenvalue weighted by atomic mass is 9.93. The molecule has 3 aromatic carbocycles. The molecule has 0 radical (unpaired) electrons. The van der Waals surface area contributed by atoms with E-state index in [9.17, 15) is 9.59 Å². The van der Waals surface area contributed by atoms with E-state index < -0.39 is 12.0 Å². The van der Waals surface area contributed by atoms with Gasteiger partial charge >= 0.3 is 5.97 Å². The van der Waals surface area contributed by atoms with Crippen LogP contribution in [-0.4, -0.2) is 23.8 Å². The van der Waals surface area contributed by atoms with Crippen LogP contribution in [0.15, 0.2) is 81.7 Å². The first kappa shape index (κ1) is 32.5. The molecule has 0 amide bonds. The summed E-state index contributed by atoms with van der Waals surface area (Å²) < 4.78 is 19.4. The first-order valence-corrected chi connectivity index (χ1v) is 16.3. The van der Waals surface area contributed by atoms with Crippen molar-refractivity contribution in [3.63, 3.8) is 0 Å². The van der Waals surface area contributed by atoms with Gasteiger partial charge in [-0.05, 0) is 79.3 Å². The molecule has 0 aliphatic carbocycles. The average Bonchev–Trinajstić information content (AvgIpc) is 3.31. The van der Waals surface area contributed by atoms with Gasteiger partial charge in [0.05, 0.1) is 45.1 Å². The highest BCUT2D eigenvalue weighted by molar-refractivity contribution is 7.07. The number of nitrogens with zero attached hydrogens (tertiary/aromatic N) is 2. The summed E-state index contributed by atoms with van der Waals surface area (Å²) in [6.45, 7) is 10.6. The van der Waals surface area contributed by atoms with Crippen molar-refractivity contribution >= 4 is 46.6 Å². The first-order valence-electron chi connectivity index (χ1n) is 14.7. The minimum Gasteiger partial charge on any atom is -0.490 e. The molecule has 0 fully saturated rings. The number of rotatable bonds is 10. The van der Waals surface area contributed by atoms with Gasteiger partial charge in [-0.1, -0.05) is 84.8 Å². The summed E-state index contributed by atoms with van der Waals surface area (Å²) in [4.78, 5) is 32.4. The minimum atomic E-state index is -0.667. The Bertz CT molecular complexity index is 1940. The van der Waals surface area contributed by atoms with Crippen LogP contribution < -0.4 is 24.4 Å². The van der Waals surface area contributed by atoms with Gasteiger partial charge in [0.2, 0.25) is 0 Å². The number of fused-ring (bicyclic) bond motifs is 1. The zero-order valence-electron chi connectivity index (χ0n) is 25.7. The third kappa shape index (κ3) is 7.03. The van der Waals surface area contributed by atoms with Gasteiger partial charge in [-0.3, -0.25) is 9.36 Å². The molecule has 10 heteroatoms. The molecule has 4 aromatic rings. The smallest absolute Gasteiger partial charge is 0.338 e. The number of halogens is 2. The Labute approximate surface area is 276 Å². The topological polar surface area (TPSA) is 79.1 Å². The number of hydrogen-bond acceptors (Lipinski definition) is 7. The zero-order chi connectivity index (χ0) is 32.2. The van der Waals surface area contributed by atoms with Crippen LogP contribution >= 0.6 is 34.5 Å². The second kappa shape index (κ2) is 14.1. The molecule has 0 bridgehead atoms. The van der Waals surface area contributed by atoms with Crippen LogP contribution in [0.1, 0.15) is 68.8 Å². The van der Waals surface area contributed by atoms with E-state index in [1.807, 2.05) is 55.5 Å². The molecule has 0 saturated carbocycles. The Morgan fingerprint density at radius 3 is 2.40 bits per heavy atom. The highest BCUT2D eigenvalue weighted by atomic mass is 35.5. The number of thiazole rings is 1. The second-order valence-corrected chi connectivity index (χ2v) is 12.6. The van der Waals surface area contributed by atoms with E-state index >= 15 is 0 Å². The fraction of sp³-hybridized carbons (Fsp3) is 0.286. The molecule has 0 spiro atoms. The molecule has 0 N–H and O–H groups in total. The summed E-state index contributed by atoms with van der Waals surface area (Å²) in [5.74, 6) is 0.963. The lowest BCUT2D eigenvalue weighted by Gasteiger charge is -2.25. The highest BCUT2D eigenvalue weighted by Gasteiger charge is 2.33. The minimum absolute atomic E-state index is 0.217. The van der Waals surface area contributed by atoms with E-state index in [1.165, 1.54) is 16.9 Å². The molecule has 0 saturated heterocycles. The van der Waals surface area contributed by atoms with Crippen LogP contribution in [0.4, 0.5) is 0 Å². The van der Waals surface area contributed by atoms with Gasteiger partial charge in [-0.25, -0.2) is 9.79 Å². The van der Waals surface area contributed by atoms with E-state index in [2.05, 4.69) is 18.8 Å². The summed E-state index contributed by atoms with van der Waals surface area (Å²) in [7, 11) is 0. The van der Waals surface area contributed by atoms with Crippen LogP contribution in [0, 0.1) is 0 Å².